The predicted octanol–water partition coefficient (Wildman–Crippen LogP) is 2.44. The first-order valence-corrected chi connectivity index (χ1v) is 8.86. The van der Waals surface area contributed by atoms with Crippen LogP contribution in [0.15, 0.2) is 21.3 Å². The van der Waals surface area contributed by atoms with Gasteiger partial charge < -0.3 is 14.5 Å². The Morgan fingerprint density at radius 2 is 2.29 bits per heavy atom. The van der Waals surface area contributed by atoms with Crippen molar-refractivity contribution in [3.63, 3.8) is 0 Å². The van der Waals surface area contributed by atoms with E-state index >= 15 is 0 Å². The molecule has 1 N–H and O–H groups in total. The fraction of sp³-hybridized carbons (Fsp3) is 0.500. The number of carboxylic acid groups (broad SMARTS) is 1. The molecular weight excluding hydrogens is 330 g/mol. The molecule has 0 aromatic carbocycles. The van der Waals surface area contributed by atoms with Gasteiger partial charge in [-0.05, 0) is 24.3 Å². The van der Waals surface area contributed by atoms with E-state index in [4.69, 9.17) is 9.63 Å². The van der Waals surface area contributed by atoms with E-state index in [-0.39, 0.29) is 24.9 Å². The highest BCUT2D eigenvalue weighted by Gasteiger charge is 2.34. The topological polar surface area (TPSA) is 96.5 Å². The summed E-state index contributed by atoms with van der Waals surface area (Å²) < 4.78 is 5.19. The van der Waals surface area contributed by atoms with Gasteiger partial charge in [0.1, 0.15) is 0 Å². The number of carbonyl (C=O) groups is 2. The maximum absolute atomic E-state index is 12.4. The summed E-state index contributed by atoms with van der Waals surface area (Å²) in [7, 11) is 0. The lowest BCUT2D eigenvalue weighted by Crippen LogP contribution is -2.38. The van der Waals surface area contributed by atoms with Crippen LogP contribution in [0.5, 0.6) is 0 Å². The van der Waals surface area contributed by atoms with E-state index in [0.29, 0.717) is 18.1 Å². The van der Waals surface area contributed by atoms with Gasteiger partial charge in [0.25, 0.3) is 0 Å². The van der Waals surface area contributed by atoms with Crippen molar-refractivity contribution in [3.8, 4) is 11.4 Å². The fourth-order valence-electron chi connectivity index (χ4n) is 2.44. The van der Waals surface area contributed by atoms with Crippen LogP contribution >= 0.6 is 11.3 Å². The molecule has 0 aliphatic heterocycles. The number of hydrogen-bond acceptors (Lipinski definition) is 6. The third kappa shape index (κ3) is 4.00. The Labute approximate surface area is 143 Å². The largest absolute Gasteiger partial charge is 0.481 e. The second kappa shape index (κ2) is 7.12. The molecule has 1 aliphatic rings. The Bertz CT molecular complexity index is 709. The zero-order chi connectivity index (χ0) is 17.1. The van der Waals surface area contributed by atoms with Gasteiger partial charge in [0.05, 0.1) is 5.92 Å². The molecule has 0 radical (unpaired) electrons. The van der Waals surface area contributed by atoms with E-state index in [9.17, 15) is 9.59 Å². The van der Waals surface area contributed by atoms with E-state index in [0.717, 1.165) is 18.4 Å². The lowest BCUT2D eigenvalue weighted by atomic mass is 10.1. The molecule has 0 saturated heterocycles. The summed E-state index contributed by atoms with van der Waals surface area (Å²) >= 11 is 1.55. The van der Waals surface area contributed by atoms with Crippen LogP contribution in [0, 0.1) is 5.92 Å². The lowest BCUT2D eigenvalue weighted by Gasteiger charge is -2.24. The molecule has 24 heavy (non-hydrogen) atoms. The molecular formula is C16H19N3O4S. The summed E-state index contributed by atoms with van der Waals surface area (Å²) in [4.78, 5) is 29.4. The maximum atomic E-state index is 12.4. The molecule has 1 atom stereocenters. The minimum absolute atomic E-state index is 0.0547. The van der Waals surface area contributed by atoms with Crippen LogP contribution in [0.1, 0.15) is 32.1 Å². The number of thiophene rings is 1. The number of aromatic nitrogens is 2. The van der Waals surface area contributed by atoms with Crippen molar-refractivity contribution in [2.45, 2.75) is 38.6 Å². The zero-order valence-corrected chi connectivity index (χ0v) is 14.2. The summed E-state index contributed by atoms with van der Waals surface area (Å²) in [6.07, 6.45) is 2.50. The number of nitrogens with zero attached hydrogens (tertiary/aromatic N) is 3. The molecule has 0 spiro atoms. The fourth-order valence-corrected chi connectivity index (χ4v) is 3.07. The highest BCUT2D eigenvalue weighted by atomic mass is 32.1. The molecule has 3 rings (SSSR count). The van der Waals surface area contributed by atoms with Crippen LogP contribution in [0.25, 0.3) is 11.4 Å². The first-order valence-electron chi connectivity index (χ1n) is 7.92. The van der Waals surface area contributed by atoms with Gasteiger partial charge in [-0.25, -0.2) is 0 Å². The minimum Gasteiger partial charge on any atom is -0.481 e. The van der Waals surface area contributed by atoms with Crippen molar-refractivity contribution in [2.75, 3.05) is 6.54 Å². The van der Waals surface area contributed by atoms with Gasteiger partial charge in [0.15, 0.2) is 0 Å². The number of aliphatic carboxylic acids is 1. The van der Waals surface area contributed by atoms with Crippen molar-refractivity contribution < 1.29 is 19.2 Å². The zero-order valence-electron chi connectivity index (χ0n) is 13.3. The third-order valence-electron chi connectivity index (χ3n) is 4.00. The van der Waals surface area contributed by atoms with Gasteiger partial charge in [0.2, 0.25) is 17.6 Å². The molecule has 128 valence electrons. The summed E-state index contributed by atoms with van der Waals surface area (Å²) in [5.41, 5.74) is 0.899. The molecule has 1 aliphatic carbocycles. The summed E-state index contributed by atoms with van der Waals surface area (Å²) in [6.45, 7) is 1.87. The Morgan fingerprint density at radius 1 is 1.50 bits per heavy atom. The van der Waals surface area contributed by atoms with Gasteiger partial charge in [-0.3, -0.25) is 9.59 Å². The Kier molecular flexibility index (Phi) is 4.94. The van der Waals surface area contributed by atoms with Gasteiger partial charge in [-0.1, -0.05) is 12.1 Å². The summed E-state index contributed by atoms with van der Waals surface area (Å²) in [5.74, 6) is -0.557. The molecule has 7 nitrogen and oxygen atoms in total. The van der Waals surface area contributed by atoms with Crippen LogP contribution in [-0.4, -0.2) is 44.6 Å². The second-order valence-electron chi connectivity index (χ2n) is 6.04. The number of hydrogen-bond donors (Lipinski definition) is 1. The van der Waals surface area contributed by atoms with Crippen molar-refractivity contribution in [3.05, 3.63) is 22.7 Å². The number of carboxylic acids is 1. The second-order valence-corrected chi connectivity index (χ2v) is 6.82. The third-order valence-corrected chi connectivity index (χ3v) is 4.68. The van der Waals surface area contributed by atoms with E-state index in [1.54, 1.807) is 23.2 Å². The average molecular weight is 349 g/mol. The van der Waals surface area contributed by atoms with Crippen LogP contribution in [-0.2, 0) is 16.0 Å². The quantitative estimate of drug-likeness (QED) is 0.786. The van der Waals surface area contributed by atoms with Crippen LogP contribution in [0.4, 0.5) is 0 Å². The molecule has 8 heteroatoms. The van der Waals surface area contributed by atoms with Crippen molar-refractivity contribution in [1.82, 2.24) is 15.0 Å². The maximum Gasteiger partial charge on any atom is 0.308 e. The van der Waals surface area contributed by atoms with E-state index in [1.807, 2.05) is 16.8 Å². The van der Waals surface area contributed by atoms with Crippen molar-refractivity contribution >= 4 is 23.2 Å². The monoisotopic (exact) mass is 349 g/mol. The molecule has 2 aromatic heterocycles. The molecule has 1 unspecified atom stereocenters. The molecule has 2 heterocycles. The van der Waals surface area contributed by atoms with Gasteiger partial charge in [0, 0.05) is 36.4 Å². The number of carbonyl (C=O) groups excluding carboxylic acids is 1. The Balaban J connectivity index is 1.56. The first-order chi connectivity index (χ1) is 11.5. The number of amides is 1. The highest BCUT2D eigenvalue weighted by molar-refractivity contribution is 7.08. The van der Waals surface area contributed by atoms with Crippen molar-refractivity contribution in [2.24, 2.45) is 5.92 Å². The van der Waals surface area contributed by atoms with Crippen LogP contribution < -0.4 is 0 Å². The molecule has 1 saturated carbocycles. The smallest absolute Gasteiger partial charge is 0.308 e. The van der Waals surface area contributed by atoms with E-state index in [1.165, 1.54) is 0 Å². The van der Waals surface area contributed by atoms with Crippen LogP contribution in [0.3, 0.4) is 0 Å². The van der Waals surface area contributed by atoms with Gasteiger partial charge in [-0.2, -0.15) is 16.3 Å². The Morgan fingerprint density at radius 3 is 2.92 bits per heavy atom. The average Bonchev–Trinajstić information content (AvgIpc) is 3.06. The highest BCUT2D eigenvalue weighted by Crippen LogP contribution is 2.28. The Hall–Kier alpha value is -2.22. The number of rotatable bonds is 8. The van der Waals surface area contributed by atoms with Crippen molar-refractivity contribution in [1.29, 1.82) is 0 Å². The number of aryl methyl sites for hydroxylation is 1. The summed E-state index contributed by atoms with van der Waals surface area (Å²) in [6, 6.07) is 2.09. The SMILES string of the molecule is CC(CN(C(=O)CCc1nc(-c2ccsc2)no1)C1CC1)C(=O)O. The minimum atomic E-state index is -0.884. The molecule has 1 fully saturated rings. The predicted molar refractivity (Wildman–Crippen MR) is 87.5 cm³/mol. The van der Waals surface area contributed by atoms with Crippen LogP contribution in [0.2, 0.25) is 0 Å². The van der Waals surface area contributed by atoms with E-state index in [2.05, 4.69) is 10.1 Å². The summed E-state index contributed by atoms with van der Waals surface area (Å²) in [5, 5.41) is 16.8. The molecule has 1 amide bonds. The van der Waals surface area contributed by atoms with Gasteiger partial charge in [-0.15, -0.1) is 0 Å². The lowest BCUT2D eigenvalue weighted by molar-refractivity contribution is -0.143. The van der Waals surface area contributed by atoms with Gasteiger partial charge >= 0.3 is 5.97 Å². The first kappa shape index (κ1) is 16.6. The van der Waals surface area contributed by atoms with E-state index < -0.39 is 11.9 Å². The molecule has 2 aromatic rings. The standard InChI is InChI=1S/C16H19N3O4S/c1-10(16(21)22)8-19(12-2-3-12)14(20)5-4-13-17-15(18-23-13)11-6-7-24-9-11/h6-7,9-10,12H,2-5,8H2,1H3,(H,21,22). The normalized spacial score (nSPS) is 15.2. The molecule has 0 bridgehead atoms.